The molecular weight excluding hydrogens is 410 g/mol. The molecule has 30 heavy (non-hydrogen) atoms. The Balaban J connectivity index is 1.47. The lowest BCUT2D eigenvalue weighted by Crippen LogP contribution is -2.34. The second-order valence-electron chi connectivity index (χ2n) is 8.56. The molecule has 1 saturated heterocycles. The number of aromatic amines is 1. The molecule has 1 atom stereocenters. The lowest BCUT2D eigenvalue weighted by atomic mass is 9.92. The van der Waals surface area contributed by atoms with Crippen LogP contribution in [0.25, 0.3) is 10.2 Å². The molecule has 4 nitrogen and oxygen atoms in total. The average molecular weight is 440 g/mol. The lowest BCUT2D eigenvalue weighted by Gasteiger charge is -2.32. The van der Waals surface area contributed by atoms with E-state index in [9.17, 15) is 4.79 Å². The van der Waals surface area contributed by atoms with Gasteiger partial charge in [0.25, 0.3) is 0 Å². The van der Waals surface area contributed by atoms with Gasteiger partial charge in [-0.2, -0.15) is 0 Å². The number of carbonyl (C=O) groups is 1. The number of Topliss-reactive ketones (excluding diaryl/α,β-unsaturated/α-hetero) is 1. The van der Waals surface area contributed by atoms with Crippen LogP contribution in [0.4, 0.5) is 5.82 Å². The molecule has 1 aromatic carbocycles. The van der Waals surface area contributed by atoms with E-state index in [0.717, 1.165) is 56.7 Å². The minimum atomic E-state index is -0.122. The zero-order valence-corrected chi connectivity index (χ0v) is 19.5. The number of aromatic nitrogens is 2. The van der Waals surface area contributed by atoms with E-state index in [0.29, 0.717) is 6.42 Å². The Kier molecular flexibility index (Phi) is 6.34. The van der Waals surface area contributed by atoms with Gasteiger partial charge in [0.2, 0.25) is 0 Å². The van der Waals surface area contributed by atoms with Gasteiger partial charge in [0.15, 0.2) is 3.95 Å². The highest BCUT2D eigenvalue weighted by molar-refractivity contribution is 7.73. The Morgan fingerprint density at radius 1 is 1.30 bits per heavy atom. The number of rotatable bonds is 6. The molecule has 4 rings (SSSR count). The van der Waals surface area contributed by atoms with E-state index in [4.69, 9.17) is 17.2 Å². The van der Waals surface area contributed by atoms with Gasteiger partial charge in [-0.1, -0.05) is 26.0 Å². The first-order valence-electron chi connectivity index (χ1n) is 10.8. The van der Waals surface area contributed by atoms with Gasteiger partial charge in [0, 0.05) is 31.1 Å². The third-order valence-corrected chi connectivity index (χ3v) is 7.44. The van der Waals surface area contributed by atoms with Crippen molar-refractivity contribution in [3.05, 3.63) is 51.1 Å². The maximum atomic E-state index is 13.0. The minimum Gasteiger partial charge on any atom is -0.356 e. The summed E-state index contributed by atoms with van der Waals surface area (Å²) < 4.78 is 1.88. The highest BCUT2D eigenvalue weighted by atomic mass is 32.1. The highest BCUT2D eigenvalue weighted by Gasteiger charge is 2.21. The van der Waals surface area contributed by atoms with Gasteiger partial charge in [-0.25, -0.2) is 4.98 Å². The predicted molar refractivity (Wildman–Crippen MR) is 128 cm³/mol. The first-order chi connectivity index (χ1) is 14.4. The number of piperidine rings is 1. The summed E-state index contributed by atoms with van der Waals surface area (Å²) in [7, 11) is 0. The number of ketones is 1. The van der Waals surface area contributed by atoms with Crippen LogP contribution in [0.15, 0.2) is 30.3 Å². The summed E-state index contributed by atoms with van der Waals surface area (Å²) in [5.74, 6) is 2.01. The monoisotopic (exact) mass is 439 g/mol. The predicted octanol–water partition coefficient (Wildman–Crippen LogP) is 6.20. The molecule has 0 aliphatic carbocycles. The largest absolute Gasteiger partial charge is 0.356 e. The van der Waals surface area contributed by atoms with Crippen molar-refractivity contribution in [2.75, 3.05) is 18.0 Å². The molecule has 0 bridgehead atoms. The van der Waals surface area contributed by atoms with Crippen LogP contribution in [0.3, 0.4) is 0 Å². The van der Waals surface area contributed by atoms with Gasteiger partial charge in [-0.15, -0.1) is 11.3 Å². The summed E-state index contributed by atoms with van der Waals surface area (Å²) in [5, 5.41) is 0. The van der Waals surface area contributed by atoms with Crippen LogP contribution in [-0.4, -0.2) is 28.8 Å². The van der Waals surface area contributed by atoms with Gasteiger partial charge in [0.1, 0.15) is 11.6 Å². The molecule has 1 fully saturated rings. The summed E-state index contributed by atoms with van der Waals surface area (Å²) in [6.45, 7) is 8.48. The number of aryl methyl sites for hydroxylation is 2. The van der Waals surface area contributed by atoms with Crippen LogP contribution in [0.5, 0.6) is 0 Å². The number of thiazole rings is 1. The van der Waals surface area contributed by atoms with Crippen molar-refractivity contribution in [2.24, 2.45) is 5.92 Å². The number of carbonyl (C=O) groups excluding carboxylic acids is 1. The smallest absolute Gasteiger partial charge is 0.159 e. The molecule has 0 saturated carbocycles. The quantitative estimate of drug-likeness (QED) is 0.464. The van der Waals surface area contributed by atoms with E-state index >= 15 is 0 Å². The van der Waals surface area contributed by atoms with Crippen molar-refractivity contribution in [1.82, 2.24) is 9.97 Å². The molecule has 3 aromatic rings. The van der Waals surface area contributed by atoms with Crippen LogP contribution in [0, 0.1) is 16.8 Å². The van der Waals surface area contributed by atoms with Crippen LogP contribution in [0.2, 0.25) is 0 Å². The second-order valence-corrected chi connectivity index (χ2v) is 10.3. The molecule has 3 heterocycles. The first-order valence-corrected chi connectivity index (χ1v) is 12.0. The maximum absolute atomic E-state index is 13.0. The Morgan fingerprint density at radius 3 is 2.83 bits per heavy atom. The topological polar surface area (TPSA) is 49.0 Å². The summed E-state index contributed by atoms with van der Waals surface area (Å²) >= 11 is 6.80. The number of fused-ring (bicyclic) bond motifs is 1. The summed E-state index contributed by atoms with van der Waals surface area (Å²) in [4.78, 5) is 23.4. The SMILES string of the molecule is Cc1ccc(CCC(=O)C(C)c2ccc3[nH]c(=S)sc3c2)c(N2CCC(C)CC2)n1. The summed E-state index contributed by atoms with van der Waals surface area (Å²) in [6.07, 6.45) is 3.69. The number of anilines is 1. The van der Waals surface area contributed by atoms with Crippen molar-refractivity contribution >= 4 is 45.4 Å². The number of pyridine rings is 1. The molecule has 1 unspecified atom stereocenters. The standard InChI is InChI=1S/C24H29N3OS2/c1-15-10-12-27(13-11-15)23-18(5-4-16(2)25-23)7-9-21(28)17(3)19-6-8-20-22(14-19)30-24(29)26-20/h4-6,8,14-15,17H,7,9-13H2,1-3H3,(H,26,29). The van der Waals surface area contributed by atoms with Crippen molar-refractivity contribution < 1.29 is 4.79 Å². The normalized spacial score (nSPS) is 16.2. The Labute approximate surface area is 187 Å². The van der Waals surface area contributed by atoms with Crippen molar-refractivity contribution in [3.63, 3.8) is 0 Å². The van der Waals surface area contributed by atoms with E-state index < -0.39 is 0 Å². The van der Waals surface area contributed by atoms with Crippen molar-refractivity contribution in [1.29, 1.82) is 0 Å². The number of benzene rings is 1. The Bertz CT molecular complexity index is 1110. The zero-order valence-electron chi connectivity index (χ0n) is 17.9. The molecule has 1 aliphatic rings. The van der Waals surface area contributed by atoms with E-state index in [2.05, 4.69) is 35.0 Å². The van der Waals surface area contributed by atoms with E-state index in [-0.39, 0.29) is 11.7 Å². The van der Waals surface area contributed by atoms with Gasteiger partial charge in [-0.05, 0) is 73.6 Å². The fraction of sp³-hybridized carbons (Fsp3) is 0.458. The molecule has 1 N–H and O–H groups in total. The van der Waals surface area contributed by atoms with Crippen LogP contribution < -0.4 is 4.90 Å². The minimum absolute atomic E-state index is 0.122. The molecular formula is C24H29N3OS2. The third-order valence-electron chi connectivity index (χ3n) is 6.25. The lowest BCUT2D eigenvalue weighted by molar-refractivity contribution is -0.120. The molecule has 158 valence electrons. The summed E-state index contributed by atoms with van der Waals surface area (Å²) in [6, 6.07) is 10.4. The van der Waals surface area contributed by atoms with Crippen LogP contribution in [-0.2, 0) is 11.2 Å². The number of nitrogens with zero attached hydrogens (tertiary/aromatic N) is 2. The van der Waals surface area contributed by atoms with Crippen molar-refractivity contribution in [3.8, 4) is 0 Å². The van der Waals surface area contributed by atoms with Gasteiger partial charge in [-0.3, -0.25) is 4.79 Å². The number of hydrogen-bond acceptors (Lipinski definition) is 5. The van der Waals surface area contributed by atoms with E-state index in [1.165, 1.54) is 18.4 Å². The molecule has 6 heteroatoms. The van der Waals surface area contributed by atoms with Gasteiger partial charge in [0.05, 0.1) is 10.2 Å². The van der Waals surface area contributed by atoms with Crippen LogP contribution in [0.1, 0.15) is 55.8 Å². The van der Waals surface area contributed by atoms with E-state index in [1.807, 2.05) is 26.0 Å². The average Bonchev–Trinajstić information content (AvgIpc) is 3.11. The van der Waals surface area contributed by atoms with Gasteiger partial charge >= 0.3 is 0 Å². The fourth-order valence-corrected chi connectivity index (χ4v) is 5.32. The molecule has 1 aliphatic heterocycles. The fourth-order valence-electron chi connectivity index (χ4n) is 4.15. The number of hydrogen-bond donors (Lipinski definition) is 1. The molecule has 2 aromatic heterocycles. The molecule has 0 radical (unpaired) electrons. The molecule has 0 amide bonds. The van der Waals surface area contributed by atoms with E-state index in [1.54, 1.807) is 11.3 Å². The maximum Gasteiger partial charge on any atom is 0.159 e. The van der Waals surface area contributed by atoms with Gasteiger partial charge < -0.3 is 9.88 Å². The third kappa shape index (κ3) is 4.65. The number of H-pyrrole nitrogens is 1. The summed E-state index contributed by atoms with van der Waals surface area (Å²) in [5.41, 5.74) is 4.33. The Hall–Kier alpha value is -2.05. The van der Waals surface area contributed by atoms with Crippen molar-refractivity contribution in [2.45, 2.75) is 52.4 Å². The Morgan fingerprint density at radius 2 is 2.07 bits per heavy atom. The number of nitrogens with one attached hydrogen (secondary N) is 1. The highest BCUT2D eigenvalue weighted by Crippen LogP contribution is 2.28. The zero-order chi connectivity index (χ0) is 21.3. The first kappa shape index (κ1) is 21.2. The molecule has 0 spiro atoms. The second kappa shape index (κ2) is 8.98. The van der Waals surface area contributed by atoms with Crippen LogP contribution >= 0.6 is 23.6 Å².